The fourth-order valence-corrected chi connectivity index (χ4v) is 4.88. The molecule has 3 atom stereocenters. The van der Waals surface area contributed by atoms with Gasteiger partial charge in [-0.2, -0.15) is 11.8 Å². The summed E-state index contributed by atoms with van der Waals surface area (Å²) >= 11 is 1.92. The molecule has 0 radical (unpaired) electrons. The Bertz CT molecular complexity index is 922. The van der Waals surface area contributed by atoms with E-state index in [9.17, 15) is 9.90 Å². The van der Waals surface area contributed by atoms with E-state index < -0.39 is 5.97 Å². The van der Waals surface area contributed by atoms with Crippen LogP contribution in [-0.2, 0) is 0 Å². The van der Waals surface area contributed by atoms with Crippen LogP contribution in [0.4, 0.5) is 5.69 Å². The maximum Gasteiger partial charge on any atom is 0.335 e. The highest BCUT2D eigenvalue weighted by Gasteiger charge is 2.38. The third-order valence-corrected chi connectivity index (χ3v) is 6.95. The van der Waals surface area contributed by atoms with Crippen molar-refractivity contribution in [2.24, 2.45) is 5.92 Å². The number of carboxylic acids is 1. The van der Waals surface area contributed by atoms with Crippen LogP contribution in [0, 0.1) is 5.92 Å². The van der Waals surface area contributed by atoms with Gasteiger partial charge in [0.25, 0.3) is 0 Å². The van der Waals surface area contributed by atoms with Gasteiger partial charge in [0.15, 0.2) is 0 Å². The highest BCUT2D eigenvalue weighted by molar-refractivity contribution is 8.00. The number of benzene rings is 2. The fourth-order valence-electron chi connectivity index (χ4n) is 4.31. The lowest BCUT2D eigenvalue weighted by Crippen LogP contribution is -2.31. The number of carboxylic acid groups (broad SMARTS) is 1. The summed E-state index contributed by atoms with van der Waals surface area (Å²) in [4.78, 5) is 11.4. The van der Waals surface area contributed by atoms with Crippen molar-refractivity contribution in [3.63, 3.8) is 0 Å². The summed E-state index contributed by atoms with van der Waals surface area (Å²) in [6.45, 7) is 0. The lowest BCUT2D eigenvalue weighted by Gasteiger charge is -2.38. The van der Waals surface area contributed by atoms with Crippen LogP contribution in [0.25, 0.3) is 0 Å². The maximum atomic E-state index is 11.4. The number of rotatable bonds is 4. The first-order valence-corrected chi connectivity index (χ1v) is 10.5. The molecule has 2 N–H and O–H groups in total. The van der Waals surface area contributed by atoms with Gasteiger partial charge in [0, 0.05) is 23.1 Å². The highest BCUT2D eigenvalue weighted by atomic mass is 32.2. The summed E-state index contributed by atoms with van der Waals surface area (Å²) in [6.07, 6.45) is 5.78. The molecule has 0 aromatic heterocycles. The second kappa shape index (κ2) is 6.64. The molecule has 2 aromatic rings. The lowest BCUT2D eigenvalue weighted by molar-refractivity contribution is 0.0696. The number of allylic oxidation sites excluding steroid dienone is 2. The van der Waals surface area contributed by atoms with E-state index in [-0.39, 0.29) is 12.0 Å². The minimum atomic E-state index is -0.877. The van der Waals surface area contributed by atoms with E-state index >= 15 is 0 Å². The Hall–Kier alpha value is -2.40. The molecule has 27 heavy (non-hydrogen) atoms. The van der Waals surface area contributed by atoms with E-state index in [1.54, 1.807) is 6.07 Å². The number of aromatic carboxylic acids is 1. The van der Waals surface area contributed by atoms with E-state index in [2.05, 4.69) is 35.7 Å². The molecule has 5 rings (SSSR count). The van der Waals surface area contributed by atoms with E-state index in [1.165, 1.54) is 5.56 Å². The second-order valence-corrected chi connectivity index (χ2v) is 8.51. The van der Waals surface area contributed by atoms with Crippen LogP contribution in [0.1, 0.15) is 39.9 Å². The number of thioether (sulfide) groups is 1. The Kier molecular flexibility index (Phi) is 4.12. The summed E-state index contributed by atoms with van der Waals surface area (Å²) in [5.41, 5.74) is 3.69. The van der Waals surface area contributed by atoms with Crippen molar-refractivity contribution in [3.8, 4) is 5.75 Å². The van der Waals surface area contributed by atoms with Crippen LogP contribution in [0.15, 0.2) is 54.6 Å². The van der Waals surface area contributed by atoms with Gasteiger partial charge in [-0.15, -0.1) is 0 Å². The summed E-state index contributed by atoms with van der Waals surface area (Å²) in [6, 6.07) is 14.0. The van der Waals surface area contributed by atoms with Crippen molar-refractivity contribution < 1.29 is 14.6 Å². The fraction of sp³-hybridized carbons (Fsp3) is 0.318. The molecule has 1 fully saturated rings. The molecule has 2 aliphatic heterocycles. The van der Waals surface area contributed by atoms with Gasteiger partial charge in [-0.05, 0) is 53.8 Å². The quantitative estimate of drug-likeness (QED) is 0.754. The third-order valence-electron chi connectivity index (χ3n) is 5.74. The Labute approximate surface area is 162 Å². The number of ether oxygens (including phenoxy) is 1. The van der Waals surface area contributed by atoms with Crippen molar-refractivity contribution in [1.82, 2.24) is 0 Å². The Morgan fingerprint density at radius 3 is 2.85 bits per heavy atom. The molecule has 3 aliphatic rings. The van der Waals surface area contributed by atoms with Crippen LogP contribution < -0.4 is 10.1 Å². The average molecular weight is 379 g/mol. The molecule has 0 spiro atoms. The van der Waals surface area contributed by atoms with E-state index in [4.69, 9.17) is 4.74 Å². The highest BCUT2D eigenvalue weighted by Crippen LogP contribution is 2.50. The number of fused-ring (bicyclic) bond motifs is 3. The van der Waals surface area contributed by atoms with E-state index in [1.807, 2.05) is 30.0 Å². The molecule has 0 unspecified atom stereocenters. The first-order valence-electron chi connectivity index (χ1n) is 9.34. The molecule has 138 valence electrons. The molecule has 5 heteroatoms. The average Bonchev–Trinajstić information content (AvgIpc) is 3.14. The molecule has 0 saturated carbocycles. The van der Waals surface area contributed by atoms with Crippen molar-refractivity contribution in [2.45, 2.75) is 24.5 Å². The van der Waals surface area contributed by atoms with Gasteiger partial charge in [-0.3, -0.25) is 0 Å². The van der Waals surface area contributed by atoms with Crippen LogP contribution in [0.5, 0.6) is 5.75 Å². The van der Waals surface area contributed by atoms with Gasteiger partial charge >= 0.3 is 5.97 Å². The molecule has 0 bridgehead atoms. The van der Waals surface area contributed by atoms with Crippen LogP contribution >= 0.6 is 11.8 Å². The summed E-state index contributed by atoms with van der Waals surface area (Å²) < 4.78 is 6.08. The summed E-state index contributed by atoms with van der Waals surface area (Å²) in [5.74, 6) is 2.83. The van der Waals surface area contributed by atoms with Gasteiger partial charge in [0.05, 0.1) is 11.6 Å². The van der Waals surface area contributed by atoms with Crippen LogP contribution in [0.2, 0.25) is 0 Å². The number of nitrogens with one attached hydrogen (secondary N) is 1. The first kappa shape index (κ1) is 16.8. The smallest absolute Gasteiger partial charge is 0.335 e. The predicted octanol–water partition coefficient (Wildman–Crippen LogP) is 4.71. The van der Waals surface area contributed by atoms with Gasteiger partial charge in [-0.1, -0.05) is 24.3 Å². The zero-order chi connectivity index (χ0) is 18.4. The van der Waals surface area contributed by atoms with Crippen LogP contribution in [0.3, 0.4) is 0 Å². The van der Waals surface area contributed by atoms with Gasteiger partial charge in [0.1, 0.15) is 11.9 Å². The van der Waals surface area contributed by atoms with Crippen molar-refractivity contribution >= 4 is 23.4 Å². The second-order valence-electron chi connectivity index (χ2n) is 7.43. The van der Waals surface area contributed by atoms with E-state index in [0.717, 1.165) is 34.9 Å². The van der Waals surface area contributed by atoms with Gasteiger partial charge in [0.2, 0.25) is 0 Å². The largest absolute Gasteiger partial charge is 0.489 e. The van der Waals surface area contributed by atoms with Gasteiger partial charge in [-0.25, -0.2) is 4.79 Å². The summed E-state index contributed by atoms with van der Waals surface area (Å²) in [5, 5.41) is 13.0. The summed E-state index contributed by atoms with van der Waals surface area (Å²) in [7, 11) is 0. The Morgan fingerprint density at radius 1 is 1.19 bits per heavy atom. The SMILES string of the molecule is O=C(O)c1ccc2c(c1)[C@@H]1C=CC[C@@H]1[C@@H](c1cccc(OC3CSC3)c1)N2. The van der Waals surface area contributed by atoms with Crippen LogP contribution in [-0.4, -0.2) is 28.7 Å². The third kappa shape index (κ3) is 3.00. The Morgan fingerprint density at radius 2 is 2.07 bits per heavy atom. The molecular weight excluding hydrogens is 358 g/mol. The van der Waals surface area contributed by atoms with E-state index in [0.29, 0.717) is 17.6 Å². The standard InChI is InChI=1S/C22H21NO3S/c24-22(25)14-7-8-20-19(10-14)17-5-2-6-18(17)21(23-20)13-3-1-4-15(9-13)26-16-11-27-12-16/h1-5,7-10,16-18,21,23H,6,11-12H2,(H,24,25)/t17-,18+,21-/m1/s1. The molecule has 2 aromatic carbocycles. The molecule has 4 nitrogen and oxygen atoms in total. The minimum Gasteiger partial charge on any atom is -0.489 e. The Balaban J connectivity index is 1.47. The zero-order valence-electron chi connectivity index (χ0n) is 14.8. The molecule has 1 saturated heterocycles. The minimum absolute atomic E-state index is 0.187. The topological polar surface area (TPSA) is 58.6 Å². The molecule has 1 aliphatic carbocycles. The lowest BCUT2D eigenvalue weighted by atomic mass is 9.76. The monoisotopic (exact) mass is 379 g/mol. The van der Waals surface area contributed by atoms with Gasteiger partial charge < -0.3 is 15.2 Å². The molecular formula is C22H21NO3S. The number of anilines is 1. The molecule has 2 heterocycles. The number of hydrogen-bond donors (Lipinski definition) is 2. The predicted molar refractivity (Wildman–Crippen MR) is 108 cm³/mol. The van der Waals surface area contributed by atoms with Crippen molar-refractivity contribution in [2.75, 3.05) is 16.8 Å². The zero-order valence-corrected chi connectivity index (χ0v) is 15.6. The van der Waals surface area contributed by atoms with Crippen molar-refractivity contribution in [3.05, 3.63) is 71.3 Å². The normalized spacial score (nSPS) is 25.9. The number of hydrogen-bond acceptors (Lipinski definition) is 4. The molecule has 0 amide bonds. The van der Waals surface area contributed by atoms with Crippen molar-refractivity contribution in [1.29, 1.82) is 0 Å². The number of carbonyl (C=O) groups is 1. The maximum absolute atomic E-state index is 11.4. The first-order chi connectivity index (χ1) is 13.2.